The van der Waals surface area contributed by atoms with Crippen molar-refractivity contribution in [1.82, 2.24) is 35.2 Å². The molecule has 6 rings (SSSR count). The van der Waals surface area contributed by atoms with E-state index in [1.54, 1.807) is 18.2 Å². The standard InChI is InChI=1S/C24H20N8O4/c1-12-3-2-4-16-20(12)27-24(25-16)28-21(34)17-11-32(30-29-17)14-6-5-13-10-31(23(36)15(13)9-14)18-7-8-19(33)26-22(18)35/h2-6,9,11,18H,7-8,10H2,1H3,(H,26,33,35)(H2,25,27,28,34). The van der Waals surface area contributed by atoms with Gasteiger partial charge in [-0.2, -0.15) is 0 Å². The van der Waals surface area contributed by atoms with Gasteiger partial charge in [0, 0.05) is 18.5 Å². The summed E-state index contributed by atoms with van der Waals surface area (Å²) in [4.78, 5) is 58.4. The highest BCUT2D eigenvalue weighted by molar-refractivity contribution is 6.05. The third-order valence-electron chi connectivity index (χ3n) is 6.45. The second kappa shape index (κ2) is 8.12. The number of rotatable bonds is 4. The fraction of sp³-hybridized carbons (Fsp3) is 0.208. The van der Waals surface area contributed by atoms with Crippen LogP contribution in [0.25, 0.3) is 16.7 Å². The molecular formula is C24H20N8O4. The summed E-state index contributed by atoms with van der Waals surface area (Å²) in [6, 6.07) is 10.2. The highest BCUT2D eigenvalue weighted by Crippen LogP contribution is 2.29. The highest BCUT2D eigenvalue weighted by atomic mass is 16.2. The first-order valence-electron chi connectivity index (χ1n) is 11.3. The number of para-hydroxylation sites is 1. The molecular weight excluding hydrogens is 464 g/mol. The van der Waals surface area contributed by atoms with E-state index in [0.29, 0.717) is 23.6 Å². The van der Waals surface area contributed by atoms with Gasteiger partial charge >= 0.3 is 0 Å². The minimum Gasteiger partial charge on any atom is -0.324 e. The molecule has 0 bridgehead atoms. The van der Waals surface area contributed by atoms with Gasteiger partial charge < -0.3 is 9.88 Å². The van der Waals surface area contributed by atoms with Gasteiger partial charge in [-0.1, -0.05) is 23.4 Å². The van der Waals surface area contributed by atoms with Crippen LogP contribution in [0.1, 0.15) is 44.8 Å². The lowest BCUT2D eigenvalue weighted by Crippen LogP contribution is -2.52. The Morgan fingerprint density at radius 2 is 2.03 bits per heavy atom. The van der Waals surface area contributed by atoms with Crippen molar-refractivity contribution in [1.29, 1.82) is 0 Å². The van der Waals surface area contributed by atoms with Gasteiger partial charge in [0.05, 0.1) is 22.9 Å². The van der Waals surface area contributed by atoms with E-state index in [9.17, 15) is 19.2 Å². The van der Waals surface area contributed by atoms with Crippen molar-refractivity contribution in [2.24, 2.45) is 0 Å². The number of piperidine rings is 1. The van der Waals surface area contributed by atoms with Gasteiger partial charge in [0.25, 0.3) is 11.8 Å². The number of aromatic nitrogens is 5. The number of hydrogen-bond acceptors (Lipinski definition) is 7. The lowest BCUT2D eigenvalue weighted by Gasteiger charge is -2.29. The molecule has 2 aromatic heterocycles. The molecule has 0 saturated carbocycles. The average Bonchev–Trinajstić information content (AvgIpc) is 3.57. The van der Waals surface area contributed by atoms with Gasteiger partial charge in [0.2, 0.25) is 17.8 Å². The largest absolute Gasteiger partial charge is 0.324 e. The molecule has 36 heavy (non-hydrogen) atoms. The summed E-state index contributed by atoms with van der Waals surface area (Å²) in [5, 5.41) is 13.0. The smallest absolute Gasteiger partial charge is 0.280 e. The van der Waals surface area contributed by atoms with Crippen LogP contribution in [0.3, 0.4) is 0 Å². The molecule has 12 nitrogen and oxygen atoms in total. The number of carbonyl (C=O) groups is 4. The van der Waals surface area contributed by atoms with Gasteiger partial charge in [-0.25, -0.2) is 9.67 Å². The summed E-state index contributed by atoms with van der Waals surface area (Å²) in [6.45, 7) is 2.22. The normalized spacial score (nSPS) is 17.4. The van der Waals surface area contributed by atoms with Crippen molar-refractivity contribution in [3.05, 3.63) is 65.0 Å². The maximum Gasteiger partial charge on any atom is 0.280 e. The number of imidazole rings is 1. The molecule has 0 spiro atoms. The lowest BCUT2D eigenvalue weighted by molar-refractivity contribution is -0.136. The first kappa shape index (κ1) is 21.6. The van der Waals surface area contributed by atoms with Crippen LogP contribution in [0.4, 0.5) is 5.95 Å². The van der Waals surface area contributed by atoms with Gasteiger partial charge in [-0.15, -0.1) is 5.10 Å². The van der Waals surface area contributed by atoms with Crippen LogP contribution in [0, 0.1) is 6.92 Å². The van der Waals surface area contributed by atoms with Crippen molar-refractivity contribution in [2.45, 2.75) is 32.4 Å². The molecule has 180 valence electrons. The molecule has 12 heteroatoms. The third-order valence-corrected chi connectivity index (χ3v) is 6.45. The fourth-order valence-corrected chi connectivity index (χ4v) is 4.59. The molecule has 2 aliphatic heterocycles. The molecule has 4 amide bonds. The van der Waals surface area contributed by atoms with Gasteiger partial charge in [-0.05, 0) is 42.7 Å². The predicted molar refractivity (Wildman–Crippen MR) is 126 cm³/mol. The van der Waals surface area contributed by atoms with Crippen molar-refractivity contribution >= 4 is 40.6 Å². The monoisotopic (exact) mass is 484 g/mol. The molecule has 4 aromatic rings. The molecule has 3 N–H and O–H groups in total. The predicted octanol–water partition coefficient (Wildman–Crippen LogP) is 1.47. The Bertz CT molecular complexity index is 1590. The number of nitrogens with one attached hydrogen (secondary N) is 3. The van der Waals surface area contributed by atoms with Crippen LogP contribution in [0.15, 0.2) is 42.6 Å². The number of nitrogens with zero attached hydrogens (tertiary/aromatic N) is 5. The number of amides is 4. The van der Waals surface area contributed by atoms with Crippen LogP contribution >= 0.6 is 0 Å². The molecule has 4 heterocycles. The van der Waals surface area contributed by atoms with E-state index in [2.05, 4.69) is 30.9 Å². The van der Waals surface area contributed by atoms with Crippen LogP contribution in [-0.2, 0) is 16.1 Å². The number of carbonyl (C=O) groups excluding carboxylic acids is 4. The maximum atomic E-state index is 13.1. The van der Waals surface area contributed by atoms with Crippen molar-refractivity contribution in [3.8, 4) is 5.69 Å². The lowest BCUT2D eigenvalue weighted by atomic mass is 10.0. The Balaban J connectivity index is 1.20. The maximum absolute atomic E-state index is 13.1. The first-order valence-corrected chi connectivity index (χ1v) is 11.3. The first-order chi connectivity index (χ1) is 17.4. The Hall–Kier alpha value is -4.87. The zero-order valence-electron chi connectivity index (χ0n) is 19.1. The van der Waals surface area contributed by atoms with E-state index in [0.717, 1.165) is 22.2 Å². The number of fused-ring (bicyclic) bond motifs is 2. The molecule has 1 fully saturated rings. The SMILES string of the molecule is Cc1cccc2[nH]c(NC(=O)c3cn(-c4ccc5c(c4)C(=O)N(C4CCC(=O)NC4=O)C5)nn3)nc12. The van der Waals surface area contributed by atoms with Crippen molar-refractivity contribution < 1.29 is 19.2 Å². The summed E-state index contributed by atoms with van der Waals surface area (Å²) in [6.07, 6.45) is 1.95. The van der Waals surface area contributed by atoms with E-state index in [1.165, 1.54) is 15.8 Å². The Morgan fingerprint density at radius 3 is 2.83 bits per heavy atom. The molecule has 2 aliphatic rings. The summed E-state index contributed by atoms with van der Waals surface area (Å²) >= 11 is 0. The molecule has 1 saturated heterocycles. The van der Waals surface area contributed by atoms with E-state index in [4.69, 9.17) is 0 Å². The van der Waals surface area contributed by atoms with E-state index in [-0.39, 0.29) is 30.5 Å². The number of hydrogen-bond donors (Lipinski definition) is 3. The number of benzene rings is 2. The number of anilines is 1. The Labute approximate surface area is 203 Å². The molecule has 2 aromatic carbocycles. The molecule has 0 aliphatic carbocycles. The quantitative estimate of drug-likeness (QED) is 0.371. The number of H-pyrrole nitrogens is 1. The Kier molecular flexibility index (Phi) is 4.88. The average molecular weight is 484 g/mol. The third kappa shape index (κ3) is 3.59. The number of imide groups is 1. The minimum atomic E-state index is -0.685. The Morgan fingerprint density at radius 1 is 1.17 bits per heavy atom. The molecule has 0 radical (unpaired) electrons. The van der Waals surface area contributed by atoms with Crippen LogP contribution in [0.2, 0.25) is 0 Å². The zero-order valence-corrected chi connectivity index (χ0v) is 19.1. The number of aromatic amines is 1. The van der Waals surface area contributed by atoms with Crippen molar-refractivity contribution in [2.75, 3.05) is 5.32 Å². The number of aryl methyl sites for hydroxylation is 1. The van der Waals surface area contributed by atoms with Crippen LogP contribution < -0.4 is 10.6 Å². The second-order valence-electron chi connectivity index (χ2n) is 8.80. The minimum absolute atomic E-state index is 0.0733. The van der Waals surface area contributed by atoms with Crippen LogP contribution in [-0.4, -0.2) is 59.5 Å². The topological polar surface area (TPSA) is 155 Å². The van der Waals surface area contributed by atoms with Gasteiger partial charge in [0.1, 0.15) is 6.04 Å². The van der Waals surface area contributed by atoms with Crippen molar-refractivity contribution in [3.63, 3.8) is 0 Å². The van der Waals surface area contributed by atoms with E-state index in [1.807, 2.05) is 25.1 Å². The van der Waals surface area contributed by atoms with Gasteiger partial charge in [0.15, 0.2) is 5.69 Å². The summed E-state index contributed by atoms with van der Waals surface area (Å²) in [7, 11) is 0. The molecule has 1 unspecified atom stereocenters. The zero-order chi connectivity index (χ0) is 25.0. The molecule has 1 atom stereocenters. The van der Waals surface area contributed by atoms with Gasteiger partial charge in [-0.3, -0.25) is 29.8 Å². The van der Waals surface area contributed by atoms with Crippen LogP contribution in [0.5, 0.6) is 0 Å². The fourth-order valence-electron chi connectivity index (χ4n) is 4.59. The summed E-state index contributed by atoms with van der Waals surface area (Å²) in [5.74, 6) is -1.27. The van der Waals surface area contributed by atoms with E-state index < -0.39 is 17.9 Å². The van der Waals surface area contributed by atoms with E-state index >= 15 is 0 Å². The summed E-state index contributed by atoms with van der Waals surface area (Å²) < 4.78 is 1.40. The summed E-state index contributed by atoms with van der Waals surface area (Å²) in [5.41, 5.74) is 4.39. The highest BCUT2D eigenvalue weighted by Gasteiger charge is 2.39. The second-order valence-corrected chi connectivity index (χ2v) is 8.80.